The van der Waals surface area contributed by atoms with Crippen molar-refractivity contribution in [1.29, 1.82) is 0 Å². The van der Waals surface area contributed by atoms with Gasteiger partial charge in [0.05, 0.1) is 12.2 Å². The van der Waals surface area contributed by atoms with Crippen LogP contribution in [0.25, 0.3) is 0 Å². The van der Waals surface area contributed by atoms with E-state index in [-0.39, 0.29) is 16.8 Å². The van der Waals surface area contributed by atoms with Crippen LogP contribution in [0.5, 0.6) is 0 Å². The molecule has 11 heavy (non-hydrogen) atoms. The Balaban J connectivity index is 3.06. The van der Waals surface area contributed by atoms with Gasteiger partial charge in [0.2, 0.25) is 0 Å². The Kier molecular flexibility index (Phi) is 1.94. The highest BCUT2D eigenvalue weighted by atomic mass is 16.6. The molecule has 0 N–H and O–H groups in total. The van der Waals surface area contributed by atoms with E-state index in [2.05, 4.69) is 0 Å². The zero-order valence-electron chi connectivity index (χ0n) is 6.52. The van der Waals surface area contributed by atoms with E-state index in [1.807, 2.05) is 13.8 Å². The summed E-state index contributed by atoms with van der Waals surface area (Å²) in [5.74, 6) is 0.153. The molecule has 0 radical (unpaired) electrons. The molecule has 0 bridgehead atoms. The van der Waals surface area contributed by atoms with Gasteiger partial charge in [-0.25, -0.2) is 4.57 Å². The van der Waals surface area contributed by atoms with Crippen molar-refractivity contribution in [2.24, 2.45) is 0 Å². The van der Waals surface area contributed by atoms with Crippen molar-refractivity contribution in [3.63, 3.8) is 0 Å². The standard InChI is InChI=1S/C7H10N2O2/c1-6(2)8-5-3-4-7(8)9(10)11/h3-6H,1-2H3. The van der Waals surface area contributed by atoms with E-state index in [9.17, 15) is 10.1 Å². The lowest BCUT2D eigenvalue weighted by Gasteiger charge is -2.03. The van der Waals surface area contributed by atoms with Crippen molar-refractivity contribution in [3.8, 4) is 0 Å². The molecule has 0 spiro atoms. The number of aromatic nitrogens is 1. The fourth-order valence-electron chi connectivity index (χ4n) is 0.976. The van der Waals surface area contributed by atoms with Crippen LogP contribution in [-0.2, 0) is 0 Å². The summed E-state index contributed by atoms with van der Waals surface area (Å²) >= 11 is 0. The van der Waals surface area contributed by atoms with Crippen molar-refractivity contribution in [2.45, 2.75) is 19.9 Å². The van der Waals surface area contributed by atoms with Gasteiger partial charge in [-0.1, -0.05) is 0 Å². The minimum Gasteiger partial charge on any atom is -0.358 e. The topological polar surface area (TPSA) is 48.1 Å². The van der Waals surface area contributed by atoms with Crippen molar-refractivity contribution >= 4 is 5.82 Å². The minimum absolute atomic E-state index is 0.144. The molecule has 0 saturated carbocycles. The predicted octanol–water partition coefficient (Wildman–Crippen LogP) is 1.98. The lowest BCUT2D eigenvalue weighted by molar-refractivity contribution is -0.392. The van der Waals surface area contributed by atoms with Crippen LogP contribution in [0, 0.1) is 10.1 Å². The van der Waals surface area contributed by atoms with Crippen LogP contribution in [-0.4, -0.2) is 9.49 Å². The summed E-state index contributed by atoms with van der Waals surface area (Å²) in [5.41, 5.74) is 0. The maximum Gasteiger partial charge on any atom is 0.323 e. The molecule has 4 nitrogen and oxygen atoms in total. The first kappa shape index (κ1) is 7.78. The minimum atomic E-state index is -0.375. The average molecular weight is 154 g/mol. The van der Waals surface area contributed by atoms with Gasteiger partial charge in [-0.15, -0.1) is 0 Å². The Labute approximate surface area is 64.6 Å². The molecule has 0 aliphatic rings. The van der Waals surface area contributed by atoms with Gasteiger partial charge in [0.25, 0.3) is 0 Å². The SMILES string of the molecule is CC(C)n1cccc1[N+](=O)[O-]. The summed E-state index contributed by atoms with van der Waals surface area (Å²) in [5, 5.41) is 10.4. The molecule has 1 aromatic heterocycles. The van der Waals surface area contributed by atoms with Gasteiger partial charge in [0, 0.05) is 6.07 Å². The maximum atomic E-state index is 10.4. The predicted molar refractivity (Wildman–Crippen MR) is 41.5 cm³/mol. The highest BCUT2D eigenvalue weighted by Crippen LogP contribution is 2.17. The molecule has 4 heteroatoms. The highest BCUT2D eigenvalue weighted by molar-refractivity contribution is 5.21. The Morgan fingerprint density at radius 3 is 2.64 bits per heavy atom. The molecular formula is C7H10N2O2. The summed E-state index contributed by atoms with van der Waals surface area (Å²) in [6.45, 7) is 3.82. The number of nitrogens with zero attached hydrogens (tertiary/aromatic N) is 2. The molecule has 0 aliphatic carbocycles. The van der Waals surface area contributed by atoms with Crippen molar-refractivity contribution in [2.75, 3.05) is 0 Å². The van der Waals surface area contributed by atoms with E-state index < -0.39 is 0 Å². The van der Waals surface area contributed by atoms with Crippen LogP contribution in [0.4, 0.5) is 5.82 Å². The van der Waals surface area contributed by atoms with Crippen molar-refractivity contribution < 1.29 is 4.92 Å². The van der Waals surface area contributed by atoms with Gasteiger partial charge in [0.1, 0.15) is 0 Å². The van der Waals surface area contributed by atoms with Gasteiger partial charge in [-0.3, -0.25) is 0 Å². The van der Waals surface area contributed by atoms with Crippen LogP contribution in [0.3, 0.4) is 0 Å². The zero-order valence-corrected chi connectivity index (χ0v) is 6.52. The molecule has 1 rings (SSSR count). The molecule has 1 heterocycles. The number of hydrogen-bond acceptors (Lipinski definition) is 2. The first-order valence-corrected chi connectivity index (χ1v) is 3.44. The van der Waals surface area contributed by atoms with E-state index in [4.69, 9.17) is 0 Å². The molecule has 0 unspecified atom stereocenters. The fraction of sp³-hybridized carbons (Fsp3) is 0.429. The van der Waals surface area contributed by atoms with Crippen LogP contribution in [0.15, 0.2) is 18.3 Å². The second kappa shape index (κ2) is 2.74. The smallest absolute Gasteiger partial charge is 0.323 e. The van der Waals surface area contributed by atoms with Gasteiger partial charge in [-0.05, 0) is 24.8 Å². The molecule has 0 aromatic carbocycles. The number of nitro groups is 1. The average Bonchev–Trinajstić information content (AvgIpc) is 2.32. The summed E-state index contributed by atoms with van der Waals surface area (Å²) in [6.07, 6.45) is 1.71. The Bertz CT molecular complexity index is 265. The van der Waals surface area contributed by atoms with Crippen LogP contribution in [0.1, 0.15) is 19.9 Å². The van der Waals surface area contributed by atoms with Gasteiger partial charge < -0.3 is 10.1 Å². The molecule has 0 aliphatic heterocycles. The lowest BCUT2D eigenvalue weighted by Crippen LogP contribution is -2.03. The normalized spacial score (nSPS) is 10.5. The second-order valence-corrected chi connectivity index (χ2v) is 2.62. The third-order valence-corrected chi connectivity index (χ3v) is 1.50. The van der Waals surface area contributed by atoms with Gasteiger partial charge in [-0.2, -0.15) is 0 Å². The molecule has 0 atom stereocenters. The summed E-state index contributed by atoms with van der Waals surface area (Å²) in [6, 6.07) is 3.32. The van der Waals surface area contributed by atoms with E-state index in [0.29, 0.717) is 0 Å². The van der Waals surface area contributed by atoms with Crippen molar-refractivity contribution in [1.82, 2.24) is 4.57 Å². The van der Waals surface area contributed by atoms with Gasteiger partial charge in [0.15, 0.2) is 0 Å². The van der Waals surface area contributed by atoms with Crippen LogP contribution in [0.2, 0.25) is 0 Å². The monoisotopic (exact) mass is 154 g/mol. The molecule has 1 aromatic rings. The third-order valence-electron chi connectivity index (χ3n) is 1.50. The maximum absolute atomic E-state index is 10.4. The molecule has 60 valence electrons. The van der Waals surface area contributed by atoms with E-state index >= 15 is 0 Å². The fourth-order valence-corrected chi connectivity index (χ4v) is 0.976. The second-order valence-electron chi connectivity index (χ2n) is 2.62. The quantitative estimate of drug-likeness (QED) is 0.483. The summed E-state index contributed by atoms with van der Waals surface area (Å²) in [4.78, 5) is 10.00. The lowest BCUT2D eigenvalue weighted by atomic mass is 10.4. The van der Waals surface area contributed by atoms with Gasteiger partial charge >= 0.3 is 5.82 Å². The van der Waals surface area contributed by atoms with Crippen LogP contribution < -0.4 is 0 Å². The number of hydrogen-bond donors (Lipinski definition) is 0. The molecule has 0 amide bonds. The summed E-state index contributed by atoms with van der Waals surface area (Å²) < 4.78 is 1.62. The first-order valence-electron chi connectivity index (χ1n) is 3.44. The third kappa shape index (κ3) is 1.39. The molecule has 0 saturated heterocycles. The molecule has 0 fully saturated rings. The summed E-state index contributed by atoms with van der Waals surface area (Å²) in [7, 11) is 0. The Morgan fingerprint density at radius 2 is 2.27 bits per heavy atom. The van der Waals surface area contributed by atoms with E-state index in [1.54, 1.807) is 16.8 Å². The first-order chi connectivity index (χ1) is 5.13. The van der Waals surface area contributed by atoms with E-state index in [1.165, 1.54) is 6.07 Å². The van der Waals surface area contributed by atoms with E-state index in [0.717, 1.165) is 0 Å². The zero-order chi connectivity index (χ0) is 8.43. The molecular weight excluding hydrogens is 144 g/mol. The number of rotatable bonds is 2. The Hall–Kier alpha value is -1.32. The largest absolute Gasteiger partial charge is 0.358 e. The van der Waals surface area contributed by atoms with Crippen LogP contribution >= 0.6 is 0 Å². The van der Waals surface area contributed by atoms with Crippen molar-refractivity contribution in [3.05, 3.63) is 28.4 Å². The Morgan fingerprint density at radius 1 is 1.64 bits per heavy atom. The highest BCUT2D eigenvalue weighted by Gasteiger charge is 2.13.